The molecule has 0 heterocycles. The summed E-state index contributed by atoms with van der Waals surface area (Å²) in [6.45, 7) is 7.15. The van der Waals surface area contributed by atoms with Crippen molar-refractivity contribution in [2.45, 2.75) is 46.6 Å². The summed E-state index contributed by atoms with van der Waals surface area (Å²) in [5, 5.41) is 14.2. The average molecular weight is 272 g/mol. The molecule has 0 aromatic carbocycles. The second-order valence-corrected chi connectivity index (χ2v) is 4.83. The zero-order chi connectivity index (χ0) is 15.0. The topological polar surface area (TPSA) is 95.5 Å². The third kappa shape index (κ3) is 6.79. The molecule has 6 nitrogen and oxygen atoms in total. The van der Waals surface area contributed by atoms with Crippen LogP contribution in [0.5, 0.6) is 0 Å². The molecule has 0 aliphatic carbocycles. The molecule has 2 amide bonds. The van der Waals surface area contributed by atoms with Gasteiger partial charge in [-0.1, -0.05) is 20.8 Å². The van der Waals surface area contributed by atoms with E-state index in [1.807, 2.05) is 13.8 Å². The summed E-state index contributed by atoms with van der Waals surface area (Å²) in [5.74, 6) is -2.82. The van der Waals surface area contributed by atoms with Gasteiger partial charge in [0.05, 0.1) is 5.92 Å². The molecular formula is C13H24N2O4. The van der Waals surface area contributed by atoms with Gasteiger partial charge in [0.2, 0.25) is 11.8 Å². The maximum Gasteiger partial charge on any atom is 0.307 e. The van der Waals surface area contributed by atoms with Crippen molar-refractivity contribution in [2.75, 3.05) is 6.54 Å². The monoisotopic (exact) mass is 272 g/mol. The van der Waals surface area contributed by atoms with Crippen LogP contribution in [-0.4, -0.2) is 35.5 Å². The fourth-order valence-electron chi connectivity index (χ4n) is 1.35. The molecule has 0 aliphatic rings. The van der Waals surface area contributed by atoms with E-state index in [4.69, 9.17) is 5.11 Å². The van der Waals surface area contributed by atoms with Gasteiger partial charge in [0.15, 0.2) is 0 Å². The smallest absolute Gasteiger partial charge is 0.307 e. The van der Waals surface area contributed by atoms with E-state index in [9.17, 15) is 14.4 Å². The predicted octanol–water partition coefficient (Wildman–Crippen LogP) is 0.764. The molecule has 6 heteroatoms. The Balaban J connectivity index is 3.98. The Morgan fingerprint density at radius 1 is 1.11 bits per heavy atom. The lowest BCUT2D eigenvalue weighted by atomic mass is 9.95. The summed E-state index contributed by atoms with van der Waals surface area (Å²) in [7, 11) is 0. The van der Waals surface area contributed by atoms with Gasteiger partial charge in [-0.25, -0.2) is 0 Å². The Kier molecular flexibility index (Phi) is 7.79. The highest BCUT2D eigenvalue weighted by molar-refractivity contribution is 5.84. The second kappa shape index (κ2) is 8.50. The second-order valence-electron chi connectivity index (χ2n) is 4.83. The highest BCUT2D eigenvalue weighted by Gasteiger charge is 2.25. The highest BCUT2D eigenvalue weighted by Crippen LogP contribution is 2.10. The molecule has 0 fully saturated rings. The lowest BCUT2D eigenvalue weighted by molar-refractivity contribution is -0.146. The summed E-state index contributed by atoms with van der Waals surface area (Å²) in [4.78, 5) is 33.8. The van der Waals surface area contributed by atoms with Crippen LogP contribution >= 0.6 is 0 Å². The number of rotatable bonds is 8. The van der Waals surface area contributed by atoms with Crippen LogP contribution in [0.25, 0.3) is 0 Å². The van der Waals surface area contributed by atoms with E-state index in [2.05, 4.69) is 10.6 Å². The van der Waals surface area contributed by atoms with Crippen LogP contribution in [0.1, 0.15) is 40.5 Å². The van der Waals surface area contributed by atoms with Gasteiger partial charge < -0.3 is 15.7 Å². The Morgan fingerprint density at radius 2 is 1.68 bits per heavy atom. The minimum Gasteiger partial charge on any atom is -0.481 e. The molecule has 0 bridgehead atoms. The van der Waals surface area contributed by atoms with Crippen LogP contribution in [0.3, 0.4) is 0 Å². The highest BCUT2D eigenvalue weighted by atomic mass is 16.4. The first kappa shape index (κ1) is 17.4. The van der Waals surface area contributed by atoms with Crippen molar-refractivity contribution in [1.29, 1.82) is 0 Å². The van der Waals surface area contributed by atoms with Crippen LogP contribution in [0.15, 0.2) is 0 Å². The van der Waals surface area contributed by atoms with Crippen LogP contribution in [0, 0.1) is 11.8 Å². The maximum absolute atomic E-state index is 11.6. The van der Waals surface area contributed by atoms with Gasteiger partial charge >= 0.3 is 5.97 Å². The van der Waals surface area contributed by atoms with Crippen LogP contribution in [0.4, 0.5) is 0 Å². The van der Waals surface area contributed by atoms with E-state index in [1.165, 1.54) is 6.92 Å². The molecule has 3 unspecified atom stereocenters. The molecule has 0 spiro atoms. The maximum atomic E-state index is 11.6. The lowest BCUT2D eigenvalue weighted by Crippen LogP contribution is -2.38. The molecule has 110 valence electrons. The van der Waals surface area contributed by atoms with Crippen molar-refractivity contribution in [1.82, 2.24) is 10.6 Å². The van der Waals surface area contributed by atoms with E-state index in [0.717, 1.165) is 6.42 Å². The van der Waals surface area contributed by atoms with Crippen LogP contribution in [0.2, 0.25) is 0 Å². The molecule has 0 aliphatic heterocycles. The first-order valence-electron chi connectivity index (χ1n) is 6.59. The molecule has 19 heavy (non-hydrogen) atoms. The first-order chi connectivity index (χ1) is 8.79. The van der Waals surface area contributed by atoms with Crippen LogP contribution < -0.4 is 10.6 Å². The minimum atomic E-state index is -1.00. The average Bonchev–Trinajstić information content (AvgIpc) is 2.36. The van der Waals surface area contributed by atoms with E-state index in [1.54, 1.807) is 6.92 Å². The summed E-state index contributed by atoms with van der Waals surface area (Å²) in [5.41, 5.74) is 0. The number of carbonyl (C=O) groups excluding carboxylic acids is 2. The molecule has 0 aromatic heterocycles. The van der Waals surface area contributed by atoms with Crippen molar-refractivity contribution < 1.29 is 19.5 Å². The number of nitrogens with one attached hydrogen (secondary N) is 2. The quantitative estimate of drug-likeness (QED) is 0.608. The number of aliphatic carboxylic acids is 1. The van der Waals surface area contributed by atoms with Gasteiger partial charge in [0.25, 0.3) is 0 Å². The molecule has 0 saturated carbocycles. The summed E-state index contributed by atoms with van der Waals surface area (Å²) < 4.78 is 0. The van der Waals surface area contributed by atoms with E-state index in [0.29, 0.717) is 0 Å². The minimum absolute atomic E-state index is 0.117. The molecule has 0 saturated heterocycles. The van der Waals surface area contributed by atoms with Crippen LogP contribution in [-0.2, 0) is 14.4 Å². The normalized spacial score (nSPS) is 15.2. The summed E-state index contributed by atoms with van der Waals surface area (Å²) >= 11 is 0. The largest absolute Gasteiger partial charge is 0.481 e. The number of amides is 2. The van der Waals surface area contributed by atoms with Crippen molar-refractivity contribution in [3.8, 4) is 0 Å². The molecule has 3 N–H and O–H groups in total. The summed E-state index contributed by atoms with van der Waals surface area (Å²) in [6.07, 6.45) is 1.05. The Bertz CT molecular complexity index is 331. The molecule has 0 aromatic rings. The Hall–Kier alpha value is -1.59. The van der Waals surface area contributed by atoms with Crippen molar-refractivity contribution in [2.24, 2.45) is 11.8 Å². The van der Waals surface area contributed by atoms with Gasteiger partial charge in [0.1, 0.15) is 0 Å². The number of carbonyl (C=O) groups is 3. The van der Waals surface area contributed by atoms with E-state index >= 15 is 0 Å². The summed E-state index contributed by atoms with van der Waals surface area (Å²) in [6, 6.07) is 0.120. The predicted molar refractivity (Wildman–Crippen MR) is 71.5 cm³/mol. The third-order valence-electron chi connectivity index (χ3n) is 3.22. The number of carboxylic acid groups (broad SMARTS) is 1. The zero-order valence-corrected chi connectivity index (χ0v) is 12.0. The number of carboxylic acids is 1. The van der Waals surface area contributed by atoms with Gasteiger partial charge in [-0.15, -0.1) is 0 Å². The van der Waals surface area contributed by atoms with Crippen molar-refractivity contribution in [3.05, 3.63) is 0 Å². The number of hydrogen-bond donors (Lipinski definition) is 3. The number of hydrogen-bond acceptors (Lipinski definition) is 3. The molecule has 0 rings (SSSR count). The van der Waals surface area contributed by atoms with Gasteiger partial charge in [0, 0.05) is 24.9 Å². The van der Waals surface area contributed by atoms with E-state index < -0.39 is 17.8 Å². The van der Waals surface area contributed by atoms with Gasteiger partial charge in [-0.05, 0) is 13.3 Å². The molecular weight excluding hydrogens is 248 g/mol. The van der Waals surface area contributed by atoms with Gasteiger partial charge in [-0.3, -0.25) is 14.4 Å². The van der Waals surface area contributed by atoms with Crippen molar-refractivity contribution >= 4 is 17.8 Å². The molecule has 0 radical (unpaired) electrons. The molecule has 3 atom stereocenters. The third-order valence-corrected chi connectivity index (χ3v) is 3.22. The Morgan fingerprint density at radius 3 is 2.16 bits per heavy atom. The van der Waals surface area contributed by atoms with Gasteiger partial charge in [-0.2, -0.15) is 0 Å². The van der Waals surface area contributed by atoms with E-state index in [-0.39, 0.29) is 30.8 Å². The Labute approximate surface area is 113 Å². The SMILES string of the molecule is CCC(C)NC(=O)CCNC(=O)C(C)C(C)C(=O)O. The fraction of sp³-hybridized carbons (Fsp3) is 0.769. The van der Waals surface area contributed by atoms with Crippen molar-refractivity contribution in [3.63, 3.8) is 0 Å². The fourth-order valence-corrected chi connectivity index (χ4v) is 1.35. The lowest BCUT2D eigenvalue weighted by Gasteiger charge is -2.16. The first-order valence-corrected chi connectivity index (χ1v) is 6.59. The zero-order valence-electron chi connectivity index (χ0n) is 12.0. The standard InChI is InChI=1S/C13H24N2O4/c1-5-8(2)15-11(16)6-7-14-12(17)9(3)10(4)13(18)19/h8-10H,5-7H2,1-4H3,(H,14,17)(H,15,16)(H,18,19).